The van der Waals surface area contributed by atoms with Gasteiger partial charge in [0.15, 0.2) is 0 Å². The smallest absolute Gasteiger partial charge is 0.147 e. The van der Waals surface area contributed by atoms with Gasteiger partial charge in [0.1, 0.15) is 29.3 Å². The summed E-state index contributed by atoms with van der Waals surface area (Å²) in [4.78, 5) is 13.5. The number of rotatable bonds is 3. The number of aryl methyl sites for hydroxylation is 1. The van der Waals surface area contributed by atoms with Crippen LogP contribution < -0.4 is 11.5 Å². The number of nitrogens with zero attached hydrogens (tertiary/aromatic N) is 4. The number of halogens is 1. The van der Waals surface area contributed by atoms with E-state index in [-0.39, 0.29) is 12.3 Å². The van der Waals surface area contributed by atoms with Gasteiger partial charge >= 0.3 is 0 Å². The SMILES string of the molecule is Cc1nc(N)c2ccn(C3CC4CCC(Cc5ccc6cc(Br)c(N)nc6c5)C4O3)c2n1. The highest BCUT2D eigenvalue weighted by Gasteiger charge is 2.45. The molecule has 4 N–H and O–H groups in total. The van der Waals surface area contributed by atoms with Crippen LogP contribution in [0.25, 0.3) is 21.9 Å². The average molecular weight is 493 g/mol. The second kappa shape index (κ2) is 7.42. The van der Waals surface area contributed by atoms with E-state index in [4.69, 9.17) is 16.2 Å². The summed E-state index contributed by atoms with van der Waals surface area (Å²) in [6.45, 7) is 1.87. The quantitative estimate of drug-likeness (QED) is 0.426. The molecule has 1 aromatic carbocycles. The lowest BCUT2D eigenvalue weighted by atomic mass is 9.93. The maximum absolute atomic E-state index is 6.64. The zero-order valence-electron chi connectivity index (χ0n) is 17.8. The number of fused-ring (bicyclic) bond motifs is 3. The summed E-state index contributed by atoms with van der Waals surface area (Å²) in [7, 11) is 0. The van der Waals surface area contributed by atoms with E-state index in [1.165, 1.54) is 18.4 Å². The van der Waals surface area contributed by atoms with Gasteiger partial charge in [-0.3, -0.25) is 0 Å². The van der Waals surface area contributed by atoms with E-state index in [0.717, 1.165) is 39.3 Å². The minimum atomic E-state index is -0.00517. The molecule has 164 valence electrons. The molecule has 4 heterocycles. The summed E-state index contributed by atoms with van der Waals surface area (Å²) >= 11 is 3.46. The van der Waals surface area contributed by atoms with Gasteiger partial charge in [-0.25, -0.2) is 15.0 Å². The Morgan fingerprint density at radius 3 is 2.84 bits per heavy atom. The fraction of sp³-hybridized carbons (Fsp3) is 0.375. The Labute approximate surface area is 194 Å². The molecular weight excluding hydrogens is 468 g/mol. The number of pyridine rings is 1. The van der Waals surface area contributed by atoms with Gasteiger partial charge in [0.25, 0.3) is 0 Å². The lowest BCUT2D eigenvalue weighted by molar-refractivity contribution is -0.0207. The molecule has 0 radical (unpaired) electrons. The van der Waals surface area contributed by atoms with E-state index in [9.17, 15) is 0 Å². The third-order valence-corrected chi connectivity index (χ3v) is 7.68. The van der Waals surface area contributed by atoms with Crippen molar-refractivity contribution in [2.75, 3.05) is 11.5 Å². The van der Waals surface area contributed by atoms with Crippen LogP contribution in [0.1, 0.15) is 36.9 Å². The molecule has 1 aliphatic heterocycles. The first-order valence-electron chi connectivity index (χ1n) is 11.1. The second-order valence-electron chi connectivity index (χ2n) is 9.09. The van der Waals surface area contributed by atoms with Crippen molar-refractivity contribution in [3.8, 4) is 0 Å². The summed E-state index contributed by atoms with van der Waals surface area (Å²) in [6.07, 6.45) is 6.68. The molecule has 4 unspecified atom stereocenters. The van der Waals surface area contributed by atoms with Gasteiger partial charge in [-0.1, -0.05) is 12.1 Å². The third kappa shape index (κ3) is 3.24. The molecule has 2 aliphatic rings. The molecule has 0 spiro atoms. The van der Waals surface area contributed by atoms with E-state index in [1.807, 2.05) is 25.3 Å². The van der Waals surface area contributed by atoms with Crippen molar-refractivity contribution in [3.05, 3.63) is 52.4 Å². The van der Waals surface area contributed by atoms with E-state index >= 15 is 0 Å². The Morgan fingerprint density at radius 2 is 1.97 bits per heavy atom. The third-order valence-electron chi connectivity index (χ3n) is 7.04. The second-order valence-corrected chi connectivity index (χ2v) is 9.95. The van der Waals surface area contributed by atoms with E-state index < -0.39 is 0 Å². The highest BCUT2D eigenvalue weighted by atomic mass is 79.9. The molecular formula is C24H25BrN6O. The number of ether oxygens (including phenoxy) is 1. The molecule has 8 heteroatoms. The molecule has 2 fully saturated rings. The zero-order valence-corrected chi connectivity index (χ0v) is 19.4. The number of nitrogens with two attached hydrogens (primary N) is 2. The van der Waals surface area contributed by atoms with E-state index in [2.05, 4.69) is 53.6 Å². The predicted molar refractivity (Wildman–Crippen MR) is 129 cm³/mol. The molecule has 1 saturated heterocycles. The number of anilines is 2. The molecule has 0 bridgehead atoms. The van der Waals surface area contributed by atoms with Gasteiger partial charge < -0.3 is 20.8 Å². The molecule has 4 atom stereocenters. The Bertz CT molecular complexity index is 1350. The monoisotopic (exact) mass is 492 g/mol. The van der Waals surface area contributed by atoms with Gasteiger partial charge in [-0.2, -0.15) is 0 Å². The summed E-state index contributed by atoms with van der Waals surface area (Å²) in [5, 5.41) is 1.98. The molecule has 4 aromatic rings. The zero-order chi connectivity index (χ0) is 22.0. The van der Waals surface area contributed by atoms with Crippen LogP contribution in [0.5, 0.6) is 0 Å². The molecule has 0 amide bonds. The highest BCUT2D eigenvalue weighted by Crippen LogP contribution is 2.48. The maximum Gasteiger partial charge on any atom is 0.147 e. The summed E-state index contributed by atoms with van der Waals surface area (Å²) in [5.74, 6) is 2.81. The Morgan fingerprint density at radius 1 is 1.09 bits per heavy atom. The van der Waals surface area contributed by atoms with Crippen molar-refractivity contribution in [2.45, 2.75) is 44.9 Å². The molecule has 1 saturated carbocycles. The first kappa shape index (κ1) is 19.9. The first-order valence-corrected chi connectivity index (χ1v) is 11.9. The summed E-state index contributed by atoms with van der Waals surface area (Å²) in [5.41, 5.74) is 15.2. The normalized spacial score (nSPS) is 25.1. The Balaban J connectivity index is 1.24. The molecule has 7 nitrogen and oxygen atoms in total. The Kier molecular flexibility index (Phi) is 4.62. The van der Waals surface area contributed by atoms with E-state index in [0.29, 0.717) is 29.3 Å². The number of nitrogen functional groups attached to an aromatic ring is 2. The minimum absolute atomic E-state index is 0.00517. The van der Waals surface area contributed by atoms with Gasteiger partial charge in [-0.05, 0) is 84.1 Å². The first-order chi connectivity index (χ1) is 15.5. The van der Waals surface area contributed by atoms with Crippen LogP contribution in [-0.4, -0.2) is 25.6 Å². The minimum Gasteiger partial charge on any atom is -0.383 e. The standard InChI is InChI=1S/C24H25BrN6O/c1-12-28-22(26)17-6-7-31(24(17)29-12)20-11-16-5-4-15(21(16)32-20)8-13-2-3-14-10-18(25)23(27)30-19(14)9-13/h2-3,6-7,9-10,15-16,20-21H,4-5,8,11H2,1H3,(H2,27,30)(H2,26,28,29). The van der Waals surface area contributed by atoms with Crippen LogP contribution in [0, 0.1) is 18.8 Å². The fourth-order valence-electron chi connectivity index (χ4n) is 5.54. The van der Waals surface area contributed by atoms with Gasteiger partial charge in [0.2, 0.25) is 0 Å². The lowest BCUT2D eigenvalue weighted by Gasteiger charge is -2.21. The van der Waals surface area contributed by atoms with Crippen molar-refractivity contribution in [1.82, 2.24) is 19.5 Å². The number of hydrogen-bond donors (Lipinski definition) is 2. The fourth-order valence-corrected chi connectivity index (χ4v) is 5.88. The van der Waals surface area contributed by atoms with Gasteiger partial charge in [-0.15, -0.1) is 0 Å². The van der Waals surface area contributed by atoms with Crippen LogP contribution in [0.4, 0.5) is 11.6 Å². The van der Waals surface area contributed by atoms with Gasteiger partial charge in [0, 0.05) is 11.6 Å². The number of benzene rings is 1. The number of aromatic nitrogens is 4. The molecule has 3 aromatic heterocycles. The molecule has 6 rings (SSSR count). The van der Waals surface area contributed by atoms with Gasteiger partial charge in [0.05, 0.1) is 21.5 Å². The van der Waals surface area contributed by atoms with Crippen molar-refractivity contribution in [1.29, 1.82) is 0 Å². The molecule has 32 heavy (non-hydrogen) atoms. The largest absolute Gasteiger partial charge is 0.383 e. The average Bonchev–Trinajstić information content (AvgIpc) is 3.44. The number of hydrogen-bond acceptors (Lipinski definition) is 6. The maximum atomic E-state index is 6.64. The summed E-state index contributed by atoms with van der Waals surface area (Å²) < 4.78 is 9.61. The summed E-state index contributed by atoms with van der Waals surface area (Å²) in [6, 6.07) is 10.5. The highest BCUT2D eigenvalue weighted by molar-refractivity contribution is 9.10. The van der Waals surface area contributed by atoms with E-state index in [1.54, 1.807) is 0 Å². The van der Waals surface area contributed by atoms with Crippen molar-refractivity contribution < 1.29 is 4.74 Å². The van der Waals surface area contributed by atoms with Crippen LogP contribution in [0.15, 0.2) is 41.0 Å². The van der Waals surface area contributed by atoms with Crippen molar-refractivity contribution >= 4 is 49.5 Å². The van der Waals surface area contributed by atoms with Crippen LogP contribution in [0.3, 0.4) is 0 Å². The lowest BCUT2D eigenvalue weighted by Crippen LogP contribution is -2.21. The van der Waals surface area contributed by atoms with Crippen LogP contribution in [-0.2, 0) is 11.2 Å². The topological polar surface area (TPSA) is 105 Å². The van der Waals surface area contributed by atoms with Crippen LogP contribution in [0.2, 0.25) is 0 Å². The Hall–Kier alpha value is -2.71. The van der Waals surface area contributed by atoms with Crippen molar-refractivity contribution in [2.24, 2.45) is 11.8 Å². The van der Waals surface area contributed by atoms with Crippen molar-refractivity contribution in [3.63, 3.8) is 0 Å². The molecule has 1 aliphatic carbocycles. The van der Waals surface area contributed by atoms with Crippen LogP contribution >= 0.6 is 15.9 Å². The predicted octanol–water partition coefficient (Wildman–Crippen LogP) is 4.77.